The summed E-state index contributed by atoms with van der Waals surface area (Å²) in [6, 6.07) is 3.27. The lowest BCUT2D eigenvalue weighted by molar-refractivity contribution is -0.122. The maximum atomic E-state index is 12.4. The minimum Gasteiger partial charge on any atom is -0.376 e. The van der Waals surface area contributed by atoms with Crippen molar-refractivity contribution >= 4 is 17.5 Å². The molecule has 1 aliphatic rings. The molecule has 2 N–H and O–H groups in total. The van der Waals surface area contributed by atoms with Gasteiger partial charge in [-0.2, -0.15) is 0 Å². The number of pyridine rings is 1. The van der Waals surface area contributed by atoms with E-state index in [9.17, 15) is 14.4 Å². The number of nitrogens with zero attached hydrogens (tertiary/aromatic N) is 1. The summed E-state index contributed by atoms with van der Waals surface area (Å²) in [7, 11) is 0. The Morgan fingerprint density at radius 3 is 2.78 bits per heavy atom. The van der Waals surface area contributed by atoms with Crippen LogP contribution in [0.15, 0.2) is 16.9 Å². The van der Waals surface area contributed by atoms with Gasteiger partial charge in [0.05, 0.1) is 6.10 Å². The van der Waals surface area contributed by atoms with Crippen LogP contribution >= 0.6 is 0 Å². The Hall–Kier alpha value is -2.15. The lowest BCUT2D eigenvalue weighted by Crippen LogP contribution is -2.37. The van der Waals surface area contributed by atoms with E-state index in [4.69, 9.17) is 4.74 Å². The normalized spacial score (nSPS) is 17.0. The van der Waals surface area contributed by atoms with Gasteiger partial charge in [-0.25, -0.2) is 0 Å². The highest BCUT2D eigenvalue weighted by Crippen LogP contribution is 2.10. The van der Waals surface area contributed by atoms with E-state index in [1.165, 1.54) is 4.57 Å². The Bertz CT molecular complexity index is 633. The molecular weight excluding hydrogens is 298 g/mol. The van der Waals surface area contributed by atoms with Gasteiger partial charge in [0, 0.05) is 25.3 Å². The van der Waals surface area contributed by atoms with Crippen LogP contribution in [-0.2, 0) is 20.9 Å². The molecule has 0 aliphatic carbocycles. The maximum Gasteiger partial charge on any atom is 0.274 e. The van der Waals surface area contributed by atoms with E-state index in [1.54, 1.807) is 26.0 Å². The standard InChI is InChI=1S/C16H23N3O4/c1-3-14(20)18-13-7-6-11(2)19(16(13)22)10-15(21)17-9-12-5-4-8-23-12/h6-7,12H,3-5,8-10H2,1-2H3,(H,17,21)(H,18,20)/t12-/m0/s1. The summed E-state index contributed by atoms with van der Waals surface area (Å²) in [4.78, 5) is 35.9. The number of hydrogen-bond donors (Lipinski definition) is 2. The van der Waals surface area contributed by atoms with Crippen molar-refractivity contribution in [2.24, 2.45) is 0 Å². The Balaban J connectivity index is 2.02. The molecule has 1 fully saturated rings. The lowest BCUT2D eigenvalue weighted by Gasteiger charge is -2.14. The van der Waals surface area contributed by atoms with E-state index in [0.29, 0.717) is 12.2 Å². The summed E-state index contributed by atoms with van der Waals surface area (Å²) in [5.41, 5.74) is 0.477. The highest BCUT2D eigenvalue weighted by molar-refractivity contribution is 5.90. The van der Waals surface area contributed by atoms with Crippen LogP contribution in [0.5, 0.6) is 0 Å². The van der Waals surface area contributed by atoms with Crippen LogP contribution in [0.3, 0.4) is 0 Å². The van der Waals surface area contributed by atoms with Gasteiger partial charge in [-0.15, -0.1) is 0 Å². The van der Waals surface area contributed by atoms with Crippen LogP contribution in [0.2, 0.25) is 0 Å². The third-order valence-electron chi connectivity index (χ3n) is 3.84. The first-order valence-electron chi connectivity index (χ1n) is 7.90. The summed E-state index contributed by atoms with van der Waals surface area (Å²) in [6.45, 7) is 4.57. The highest BCUT2D eigenvalue weighted by Gasteiger charge is 2.17. The quantitative estimate of drug-likeness (QED) is 0.811. The van der Waals surface area contributed by atoms with Crippen molar-refractivity contribution in [3.05, 3.63) is 28.2 Å². The summed E-state index contributed by atoms with van der Waals surface area (Å²) in [6.07, 6.45) is 2.30. The summed E-state index contributed by atoms with van der Waals surface area (Å²) >= 11 is 0. The van der Waals surface area contributed by atoms with Crippen LogP contribution in [0.4, 0.5) is 5.69 Å². The van der Waals surface area contributed by atoms with E-state index in [2.05, 4.69) is 10.6 Å². The molecule has 2 amide bonds. The molecular formula is C16H23N3O4. The van der Waals surface area contributed by atoms with Crippen LogP contribution in [0.1, 0.15) is 31.9 Å². The van der Waals surface area contributed by atoms with Crippen LogP contribution in [0, 0.1) is 6.92 Å². The number of amides is 2. The molecule has 7 nitrogen and oxygen atoms in total. The van der Waals surface area contributed by atoms with E-state index in [-0.39, 0.29) is 42.1 Å². The fraction of sp³-hybridized carbons (Fsp3) is 0.562. The highest BCUT2D eigenvalue weighted by atomic mass is 16.5. The second-order valence-electron chi connectivity index (χ2n) is 5.62. The van der Waals surface area contributed by atoms with Crippen LogP contribution < -0.4 is 16.2 Å². The van der Waals surface area contributed by atoms with E-state index in [1.807, 2.05) is 0 Å². The monoisotopic (exact) mass is 321 g/mol. The molecule has 1 saturated heterocycles. The molecule has 1 aromatic rings. The molecule has 126 valence electrons. The molecule has 0 spiro atoms. The zero-order valence-corrected chi connectivity index (χ0v) is 13.6. The molecule has 1 aliphatic heterocycles. The lowest BCUT2D eigenvalue weighted by atomic mass is 10.2. The zero-order valence-electron chi connectivity index (χ0n) is 13.6. The molecule has 2 heterocycles. The number of aromatic nitrogens is 1. The second-order valence-corrected chi connectivity index (χ2v) is 5.62. The number of aryl methyl sites for hydroxylation is 1. The smallest absolute Gasteiger partial charge is 0.274 e. The topological polar surface area (TPSA) is 89.4 Å². The molecule has 2 rings (SSSR count). The Kier molecular flexibility index (Phi) is 5.92. The third-order valence-corrected chi connectivity index (χ3v) is 3.84. The molecule has 0 unspecified atom stereocenters. The Labute approximate surface area is 135 Å². The molecule has 1 aromatic heterocycles. The first kappa shape index (κ1) is 17.2. The predicted octanol–water partition coefficient (Wildman–Crippen LogP) is 0.800. The van der Waals surface area contributed by atoms with Gasteiger partial charge in [-0.1, -0.05) is 6.92 Å². The maximum absolute atomic E-state index is 12.4. The van der Waals surface area contributed by atoms with Gasteiger partial charge in [0.25, 0.3) is 5.56 Å². The number of nitrogens with one attached hydrogen (secondary N) is 2. The number of hydrogen-bond acceptors (Lipinski definition) is 4. The molecule has 0 saturated carbocycles. The van der Waals surface area contributed by atoms with E-state index in [0.717, 1.165) is 19.4 Å². The number of carbonyl (C=O) groups excluding carboxylic acids is 2. The van der Waals surface area contributed by atoms with Gasteiger partial charge in [0.15, 0.2) is 0 Å². The number of carbonyl (C=O) groups is 2. The molecule has 7 heteroatoms. The van der Waals surface area contributed by atoms with Crippen molar-refractivity contribution in [2.45, 2.75) is 45.8 Å². The first-order valence-corrected chi connectivity index (χ1v) is 7.90. The second kappa shape index (κ2) is 7.92. The van der Waals surface area contributed by atoms with Gasteiger partial charge >= 0.3 is 0 Å². The Morgan fingerprint density at radius 1 is 1.35 bits per heavy atom. The van der Waals surface area contributed by atoms with Gasteiger partial charge in [0.1, 0.15) is 12.2 Å². The van der Waals surface area contributed by atoms with Crippen LogP contribution in [0.25, 0.3) is 0 Å². The van der Waals surface area contributed by atoms with Crippen LogP contribution in [-0.4, -0.2) is 35.6 Å². The van der Waals surface area contributed by atoms with Gasteiger partial charge < -0.3 is 19.9 Å². The fourth-order valence-electron chi connectivity index (χ4n) is 2.43. The van der Waals surface area contributed by atoms with Crippen molar-refractivity contribution in [3.8, 4) is 0 Å². The Morgan fingerprint density at radius 2 is 2.13 bits per heavy atom. The number of anilines is 1. The third kappa shape index (κ3) is 4.66. The molecule has 0 aromatic carbocycles. The first-order chi connectivity index (χ1) is 11.0. The number of rotatable bonds is 6. The molecule has 1 atom stereocenters. The summed E-state index contributed by atoms with van der Waals surface area (Å²) in [5, 5.41) is 5.34. The zero-order chi connectivity index (χ0) is 16.8. The molecule has 0 radical (unpaired) electrons. The largest absolute Gasteiger partial charge is 0.376 e. The minimum atomic E-state index is -0.376. The van der Waals surface area contributed by atoms with Gasteiger partial charge in [-0.3, -0.25) is 14.4 Å². The van der Waals surface area contributed by atoms with Gasteiger partial charge in [0.2, 0.25) is 11.8 Å². The SMILES string of the molecule is CCC(=O)Nc1ccc(C)n(CC(=O)NC[C@@H]2CCCO2)c1=O. The van der Waals surface area contributed by atoms with Gasteiger partial charge in [-0.05, 0) is 31.9 Å². The summed E-state index contributed by atoms with van der Waals surface area (Å²) in [5.74, 6) is -0.481. The molecule has 23 heavy (non-hydrogen) atoms. The van der Waals surface area contributed by atoms with Crippen molar-refractivity contribution in [1.29, 1.82) is 0 Å². The van der Waals surface area contributed by atoms with E-state index < -0.39 is 0 Å². The summed E-state index contributed by atoms with van der Waals surface area (Å²) < 4.78 is 6.80. The van der Waals surface area contributed by atoms with Crippen molar-refractivity contribution in [2.75, 3.05) is 18.5 Å². The van der Waals surface area contributed by atoms with Crippen molar-refractivity contribution in [1.82, 2.24) is 9.88 Å². The average Bonchev–Trinajstić information content (AvgIpc) is 3.05. The fourth-order valence-corrected chi connectivity index (χ4v) is 2.43. The number of ether oxygens (including phenoxy) is 1. The average molecular weight is 321 g/mol. The van der Waals surface area contributed by atoms with Crippen molar-refractivity contribution in [3.63, 3.8) is 0 Å². The molecule has 0 bridgehead atoms. The van der Waals surface area contributed by atoms with Crippen molar-refractivity contribution < 1.29 is 14.3 Å². The predicted molar refractivity (Wildman–Crippen MR) is 86.3 cm³/mol. The van der Waals surface area contributed by atoms with E-state index >= 15 is 0 Å². The minimum absolute atomic E-state index is 0.0620.